The van der Waals surface area contributed by atoms with Gasteiger partial charge in [-0.25, -0.2) is 9.67 Å². The van der Waals surface area contributed by atoms with E-state index in [4.69, 9.17) is 14.8 Å². The molecule has 1 aliphatic heterocycles. The Labute approximate surface area is 175 Å². The van der Waals surface area contributed by atoms with E-state index in [1.807, 2.05) is 48.1 Å². The average Bonchev–Trinajstić information content (AvgIpc) is 3.15. The summed E-state index contributed by atoms with van der Waals surface area (Å²) in [5.41, 5.74) is 6.25. The largest absolute Gasteiger partial charge is 0.497 e. The first-order valence-corrected chi connectivity index (χ1v) is 10.0. The highest BCUT2D eigenvalue weighted by atomic mass is 16.5. The van der Waals surface area contributed by atoms with Crippen LogP contribution in [0.3, 0.4) is 0 Å². The van der Waals surface area contributed by atoms with Crippen LogP contribution in [0.4, 0.5) is 5.82 Å². The molecule has 30 heavy (non-hydrogen) atoms. The van der Waals surface area contributed by atoms with Gasteiger partial charge in [0.2, 0.25) is 0 Å². The van der Waals surface area contributed by atoms with E-state index in [-0.39, 0.29) is 6.04 Å². The molecule has 0 radical (unpaired) electrons. The Kier molecular flexibility index (Phi) is 4.64. The number of benzene rings is 2. The van der Waals surface area contributed by atoms with Crippen LogP contribution in [0.2, 0.25) is 0 Å². The van der Waals surface area contributed by atoms with Crippen molar-refractivity contribution in [3.8, 4) is 16.9 Å². The topological polar surface area (TPSA) is 52.3 Å². The third-order valence-corrected chi connectivity index (χ3v) is 5.50. The molecule has 5 heteroatoms. The molecule has 5 nitrogen and oxygen atoms in total. The maximum atomic E-state index is 5.32. The lowest BCUT2D eigenvalue weighted by Gasteiger charge is -2.24. The highest BCUT2D eigenvalue weighted by Crippen LogP contribution is 2.41. The molecule has 0 N–H and O–H groups in total. The van der Waals surface area contributed by atoms with E-state index in [9.17, 15) is 0 Å². The summed E-state index contributed by atoms with van der Waals surface area (Å²) in [5, 5.41) is 4.89. The second-order valence-electron chi connectivity index (χ2n) is 7.36. The zero-order valence-electron chi connectivity index (χ0n) is 17.0. The Morgan fingerprint density at radius 1 is 0.900 bits per heavy atom. The molecule has 2 aromatic heterocycles. The molecule has 0 fully saturated rings. The number of hydrogen-bond acceptors (Lipinski definition) is 4. The zero-order chi connectivity index (χ0) is 20.5. The molecule has 0 saturated heterocycles. The maximum absolute atomic E-state index is 5.32. The third-order valence-electron chi connectivity index (χ3n) is 5.50. The molecule has 0 aliphatic carbocycles. The van der Waals surface area contributed by atoms with E-state index in [1.165, 1.54) is 0 Å². The first kappa shape index (κ1) is 18.3. The monoisotopic (exact) mass is 394 g/mol. The molecule has 0 spiro atoms. The van der Waals surface area contributed by atoms with E-state index in [1.54, 1.807) is 7.11 Å². The Morgan fingerprint density at radius 2 is 1.67 bits per heavy atom. The predicted molar refractivity (Wildman–Crippen MR) is 119 cm³/mol. The second-order valence-corrected chi connectivity index (χ2v) is 7.36. The van der Waals surface area contributed by atoms with Gasteiger partial charge in [0.05, 0.1) is 24.2 Å². The van der Waals surface area contributed by atoms with E-state index in [0.29, 0.717) is 0 Å². The molecule has 1 aliphatic rings. The standard InChI is InChI=1S/C25H22N4O/c1-17-24(19-11-13-20(30-2)14-12-19)25-27-22(18-8-4-3-5-9-18)16-23(29(25)28-17)21-10-6-7-15-26-21/h3-15,23H,16H2,1-2H3/t23-/m0/s1. The lowest BCUT2D eigenvalue weighted by Crippen LogP contribution is -2.22. The first-order valence-electron chi connectivity index (χ1n) is 10.0. The normalized spacial score (nSPS) is 15.4. The molecule has 3 heterocycles. The molecule has 0 unspecified atom stereocenters. The van der Waals surface area contributed by atoms with Crippen molar-refractivity contribution >= 4 is 11.5 Å². The molecule has 1 atom stereocenters. The summed E-state index contributed by atoms with van der Waals surface area (Å²) in [6.45, 7) is 2.04. The van der Waals surface area contributed by atoms with Crippen molar-refractivity contribution in [1.82, 2.24) is 14.8 Å². The lowest BCUT2D eigenvalue weighted by atomic mass is 9.97. The molecule has 5 rings (SSSR count). The third kappa shape index (κ3) is 3.18. The molecule has 0 saturated carbocycles. The van der Waals surface area contributed by atoms with Crippen molar-refractivity contribution in [1.29, 1.82) is 0 Å². The van der Waals surface area contributed by atoms with Crippen LogP contribution >= 0.6 is 0 Å². The number of ether oxygens (including phenoxy) is 1. The Bertz CT molecular complexity index is 1200. The van der Waals surface area contributed by atoms with Gasteiger partial charge < -0.3 is 4.74 Å². The fraction of sp³-hybridized carbons (Fsp3) is 0.160. The zero-order valence-corrected chi connectivity index (χ0v) is 17.0. The van der Waals surface area contributed by atoms with Crippen LogP contribution in [0.15, 0.2) is 84.0 Å². The fourth-order valence-corrected chi connectivity index (χ4v) is 4.01. The number of nitrogens with zero attached hydrogens (tertiary/aromatic N) is 4. The molecule has 2 aromatic carbocycles. The number of aliphatic imine (C=N–C) groups is 1. The van der Waals surface area contributed by atoms with Crippen LogP contribution in [-0.2, 0) is 0 Å². The SMILES string of the molecule is COc1ccc(-c2c(C)nn3c2N=C(c2ccccc2)C[C@H]3c2ccccn2)cc1. The van der Waals surface area contributed by atoms with Gasteiger partial charge in [0.15, 0.2) is 5.82 Å². The summed E-state index contributed by atoms with van der Waals surface area (Å²) in [6, 6.07) is 24.4. The van der Waals surface area contributed by atoms with E-state index < -0.39 is 0 Å². The number of fused-ring (bicyclic) bond motifs is 1. The Morgan fingerprint density at radius 3 is 2.37 bits per heavy atom. The van der Waals surface area contributed by atoms with Crippen molar-refractivity contribution in [3.63, 3.8) is 0 Å². The van der Waals surface area contributed by atoms with Gasteiger partial charge in [-0.15, -0.1) is 0 Å². The summed E-state index contributed by atoms with van der Waals surface area (Å²) in [6.07, 6.45) is 2.58. The predicted octanol–water partition coefficient (Wildman–Crippen LogP) is 5.38. The van der Waals surface area contributed by atoms with Crippen LogP contribution in [0, 0.1) is 6.92 Å². The summed E-state index contributed by atoms with van der Waals surface area (Å²) >= 11 is 0. The molecular formula is C25H22N4O. The number of aryl methyl sites for hydroxylation is 1. The number of hydrogen-bond donors (Lipinski definition) is 0. The molecular weight excluding hydrogens is 372 g/mol. The fourth-order valence-electron chi connectivity index (χ4n) is 4.01. The van der Waals surface area contributed by atoms with E-state index in [2.05, 4.69) is 47.4 Å². The van der Waals surface area contributed by atoms with E-state index in [0.717, 1.165) is 51.8 Å². The van der Waals surface area contributed by atoms with Crippen LogP contribution < -0.4 is 4.74 Å². The maximum Gasteiger partial charge on any atom is 0.159 e. The van der Waals surface area contributed by atoms with Gasteiger partial charge in [-0.1, -0.05) is 48.5 Å². The summed E-state index contributed by atoms with van der Waals surface area (Å²) in [5.74, 6) is 1.70. The molecule has 4 aromatic rings. The minimum atomic E-state index is -0.000366. The van der Waals surface area contributed by atoms with E-state index >= 15 is 0 Å². The smallest absolute Gasteiger partial charge is 0.159 e. The lowest BCUT2D eigenvalue weighted by molar-refractivity contribution is 0.415. The first-order chi connectivity index (χ1) is 14.7. The average molecular weight is 394 g/mol. The summed E-state index contributed by atoms with van der Waals surface area (Å²) < 4.78 is 7.35. The number of aromatic nitrogens is 3. The highest BCUT2D eigenvalue weighted by molar-refractivity contribution is 6.04. The molecule has 148 valence electrons. The van der Waals surface area contributed by atoms with Gasteiger partial charge >= 0.3 is 0 Å². The van der Waals surface area contributed by atoms with Crippen LogP contribution in [0.5, 0.6) is 5.75 Å². The quantitative estimate of drug-likeness (QED) is 0.467. The van der Waals surface area contributed by atoms with Crippen LogP contribution in [0.1, 0.15) is 29.4 Å². The number of rotatable bonds is 4. The van der Waals surface area contributed by atoms with Crippen molar-refractivity contribution in [2.45, 2.75) is 19.4 Å². The van der Waals surface area contributed by atoms with Gasteiger partial charge in [-0.05, 0) is 42.3 Å². The highest BCUT2D eigenvalue weighted by Gasteiger charge is 2.30. The number of pyridine rings is 1. The van der Waals surface area contributed by atoms with Crippen molar-refractivity contribution in [2.24, 2.45) is 4.99 Å². The van der Waals surface area contributed by atoms with Crippen molar-refractivity contribution in [2.75, 3.05) is 7.11 Å². The Hall–Kier alpha value is -3.73. The summed E-state index contributed by atoms with van der Waals surface area (Å²) in [4.78, 5) is 9.72. The van der Waals surface area contributed by atoms with Gasteiger partial charge in [0.1, 0.15) is 11.8 Å². The summed E-state index contributed by atoms with van der Waals surface area (Å²) in [7, 11) is 1.68. The van der Waals surface area contributed by atoms with Gasteiger partial charge in [-0.3, -0.25) is 4.98 Å². The second kappa shape index (κ2) is 7.59. The van der Waals surface area contributed by atoms with Gasteiger partial charge in [0.25, 0.3) is 0 Å². The van der Waals surface area contributed by atoms with Crippen LogP contribution in [0.25, 0.3) is 11.1 Å². The van der Waals surface area contributed by atoms with Crippen molar-refractivity contribution < 1.29 is 4.74 Å². The minimum absolute atomic E-state index is 0.000366. The van der Waals surface area contributed by atoms with Crippen molar-refractivity contribution in [3.05, 3.63) is 95.9 Å². The molecule has 0 amide bonds. The molecule has 0 bridgehead atoms. The minimum Gasteiger partial charge on any atom is -0.497 e. The van der Waals surface area contributed by atoms with Gasteiger partial charge in [-0.2, -0.15) is 5.10 Å². The van der Waals surface area contributed by atoms with Crippen LogP contribution in [-0.4, -0.2) is 27.6 Å². The number of methoxy groups -OCH3 is 1. The Balaban J connectivity index is 1.70. The van der Waals surface area contributed by atoms with Gasteiger partial charge in [0, 0.05) is 18.2 Å².